The van der Waals surface area contributed by atoms with E-state index in [2.05, 4.69) is 16.4 Å². The quantitative estimate of drug-likeness (QED) is 0.681. The summed E-state index contributed by atoms with van der Waals surface area (Å²) in [6, 6.07) is 3.24. The molecular formula is C11H9F2O3. The molecule has 1 unspecified atom stereocenters. The third-order valence-electron chi connectivity index (χ3n) is 2.71. The van der Waals surface area contributed by atoms with Gasteiger partial charge in [-0.25, -0.2) is 0 Å². The average Bonchev–Trinajstić information content (AvgIpc) is 2.52. The third-order valence-corrected chi connectivity index (χ3v) is 2.71. The molecule has 0 fully saturated rings. The number of alkyl halides is 2. The molecule has 0 saturated carbocycles. The molecule has 0 amide bonds. The second-order valence-electron chi connectivity index (χ2n) is 3.74. The van der Waals surface area contributed by atoms with Gasteiger partial charge in [-0.05, 0) is 25.0 Å². The van der Waals surface area contributed by atoms with Crippen LogP contribution in [-0.2, 0) is 11.2 Å². The van der Waals surface area contributed by atoms with Crippen LogP contribution in [0.25, 0.3) is 0 Å². The van der Waals surface area contributed by atoms with Gasteiger partial charge in [0.1, 0.15) is 0 Å². The van der Waals surface area contributed by atoms with E-state index in [9.17, 15) is 8.78 Å². The van der Waals surface area contributed by atoms with Crippen LogP contribution in [0.3, 0.4) is 0 Å². The van der Waals surface area contributed by atoms with Crippen molar-refractivity contribution in [3.8, 4) is 11.5 Å². The van der Waals surface area contributed by atoms with E-state index in [1.165, 1.54) is 6.07 Å². The number of fused-ring (bicyclic) bond motifs is 3. The molecule has 2 heterocycles. The lowest BCUT2D eigenvalue weighted by molar-refractivity contribution is -0.287. The van der Waals surface area contributed by atoms with E-state index in [1.807, 2.05) is 0 Å². The summed E-state index contributed by atoms with van der Waals surface area (Å²) in [7, 11) is 0. The molecule has 0 saturated heterocycles. The fourth-order valence-electron chi connectivity index (χ4n) is 2.04. The topological polar surface area (TPSA) is 27.7 Å². The van der Waals surface area contributed by atoms with E-state index in [1.54, 1.807) is 6.07 Å². The second-order valence-corrected chi connectivity index (χ2v) is 3.74. The lowest BCUT2D eigenvalue weighted by Crippen LogP contribution is -2.26. The molecule has 1 aromatic carbocycles. The van der Waals surface area contributed by atoms with Gasteiger partial charge in [0.25, 0.3) is 0 Å². The Morgan fingerprint density at radius 1 is 1.31 bits per heavy atom. The maximum Gasteiger partial charge on any atom is 0.586 e. The minimum Gasteiger partial charge on any atom is -0.395 e. The zero-order valence-corrected chi connectivity index (χ0v) is 8.33. The molecule has 0 bridgehead atoms. The molecule has 0 aliphatic carbocycles. The van der Waals surface area contributed by atoms with Gasteiger partial charge in [0, 0.05) is 5.56 Å². The van der Waals surface area contributed by atoms with Gasteiger partial charge in [0.2, 0.25) is 0 Å². The minimum absolute atomic E-state index is 0.0444. The summed E-state index contributed by atoms with van der Waals surface area (Å²) in [6.45, 7) is 4.30. The molecule has 0 N–H and O–H groups in total. The predicted molar refractivity (Wildman–Crippen MR) is 50.4 cm³/mol. The normalized spacial score (nSPS) is 25.3. The lowest BCUT2D eigenvalue weighted by atomic mass is 9.97. The molecule has 1 aromatic rings. The van der Waals surface area contributed by atoms with E-state index in [4.69, 9.17) is 4.74 Å². The number of benzene rings is 1. The van der Waals surface area contributed by atoms with Gasteiger partial charge in [0.05, 0.1) is 12.7 Å². The zero-order chi connectivity index (χ0) is 11.3. The Kier molecular flexibility index (Phi) is 1.89. The summed E-state index contributed by atoms with van der Waals surface area (Å²) in [5, 5.41) is 0. The highest BCUT2D eigenvalue weighted by Gasteiger charge is 2.45. The lowest BCUT2D eigenvalue weighted by Gasteiger charge is -2.23. The SMILES string of the molecule is [CH2]C1OCCc2ccc3c(c21)OC(F)(F)O3. The Hall–Kier alpha value is -1.36. The van der Waals surface area contributed by atoms with E-state index in [0.717, 1.165) is 5.56 Å². The second kappa shape index (κ2) is 3.07. The van der Waals surface area contributed by atoms with E-state index in [-0.39, 0.29) is 11.5 Å². The van der Waals surface area contributed by atoms with Crippen molar-refractivity contribution in [2.45, 2.75) is 18.8 Å². The summed E-state index contributed by atoms with van der Waals surface area (Å²) in [4.78, 5) is 0. The maximum atomic E-state index is 12.9. The van der Waals surface area contributed by atoms with Crippen molar-refractivity contribution in [3.63, 3.8) is 0 Å². The summed E-state index contributed by atoms with van der Waals surface area (Å²) in [5.41, 5.74) is 1.49. The molecular weight excluding hydrogens is 218 g/mol. The molecule has 2 aliphatic rings. The van der Waals surface area contributed by atoms with Crippen molar-refractivity contribution in [3.05, 3.63) is 30.2 Å². The molecule has 3 nitrogen and oxygen atoms in total. The molecule has 16 heavy (non-hydrogen) atoms. The van der Waals surface area contributed by atoms with Crippen LogP contribution < -0.4 is 9.47 Å². The molecule has 2 aliphatic heterocycles. The first-order valence-electron chi connectivity index (χ1n) is 4.93. The molecule has 1 atom stereocenters. The van der Waals surface area contributed by atoms with E-state index in [0.29, 0.717) is 18.6 Å². The van der Waals surface area contributed by atoms with E-state index < -0.39 is 12.4 Å². The van der Waals surface area contributed by atoms with Crippen molar-refractivity contribution < 1.29 is 23.0 Å². The molecule has 1 radical (unpaired) electrons. The molecule has 0 aromatic heterocycles. The Balaban J connectivity index is 2.14. The largest absolute Gasteiger partial charge is 0.586 e. The van der Waals surface area contributed by atoms with Gasteiger partial charge < -0.3 is 14.2 Å². The highest BCUT2D eigenvalue weighted by Crippen LogP contribution is 2.48. The van der Waals surface area contributed by atoms with Gasteiger partial charge >= 0.3 is 6.29 Å². The monoisotopic (exact) mass is 227 g/mol. The van der Waals surface area contributed by atoms with Crippen LogP contribution in [0.2, 0.25) is 0 Å². The van der Waals surface area contributed by atoms with Crippen LogP contribution >= 0.6 is 0 Å². The summed E-state index contributed by atoms with van der Waals surface area (Å²) < 4.78 is 40.0. The minimum atomic E-state index is -3.59. The Labute approximate surface area is 90.9 Å². The number of hydrogen-bond acceptors (Lipinski definition) is 3. The standard InChI is InChI=1S/C11H9F2O3/c1-6-9-7(4-5-14-6)2-3-8-10(9)16-11(12,13)15-8/h2-3,6H,1,4-5H2. The molecule has 5 heteroatoms. The summed E-state index contributed by atoms with van der Waals surface area (Å²) >= 11 is 0. The van der Waals surface area contributed by atoms with Crippen molar-refractivity contribution in [2.75, 3.05) is 6.61 Å². The number of rotatable bonds is 0. The first-order valence-corrected chi connectivity index (χ1v) is 4.93. The molecule has 85 valence electrons. The fraction of sp³-hybridized carbons (Fsp3) is 0.364. The maximum absolute atomic E-state index is 12.9. The number of ether oxygens (including phenoxy) is 3. The van der Waals surface area contributed by atoms with Crippen molar-refractivity contribution >= 4 is 0 Å². The van der Waals surface area contributed by atoms with Gasteiger partial charge in [-0.3, -0.25) is 0 Å². The van der Waals surface area contributed by atoms with Crippen LogP contribution in [0.4, 0.5) is 8.78 Å². The first kappa shape index (κ1) is 9.84. The zero-order valence-electron chi connectivity index (χ0n) is 8.33. The van der Waals surface area contributed by atoms with Gasteiger partial charge in [-0.15, -0.1) is 8.78 Å². The van der Waals surface area contributed by atoms with Gasteiger partial charge in [-0.1, -0.05) is 6.07 Å². The van der Waals surface area contributed by atoms with Gasteiger partial charge in [0.15, 0.2) is 11.5 Å². The van der Waals surface area contributed by atoms with Gasteiger partial charge in [-0.2, -0.15) is 0 Å². The van der Waals surface area contributed by atoms with Crippen LogP contribution in [0.1, 0.15) is 17.2 Å². The van der Waals surface area contributed by atoms with E-state index >= 15 is 0 Å². The van der Waals surface area contributed by atoms with Crippen LogP contribution in [0.15, 0.2) is 12.1 Å². The molecule has 3 rings (SSSR count). The molecule has 0 spiro atoms. The summed E-state index contributed by atoms with van der Waals surface area (Å²) in [5.74, 6) is 0.102. The number of hydrogen-bond donors (Lipinski definition) is 0. The Bertz CT molecular complexity index is 445. The predicted octanol–water partition coefficient (Wildman–Crippen LogP) is 2.46. The van der Waals surface area contributed by atoms with Crippen LogP contribution in [0, 0.1) is 6.92 Å². The highest BCUT2D eigenvalue weighted by atomic mass is 19.3. The first-order chi connectivity index (χ1) is 7.57. The summed E-state index contributed by atoms with van der Waals surface area (Å²) in [6.07, 6.45) is -3.41. The fourth-order valence-corrected chi connectivity index (χ4v) is 2.04. The Morgan fingerprint density at radius 2 is 2.12 bits per heavy atom. The van der Waals surface area contributed by atoms with Crippen LogP contribution in [0.5, 0.6) is 11.5 Å². The Morgan fingerprint density at radius 3 is 2.94 bits per heavy atom. The van der Waals surface area contributed by atoms with Crippen LogP contribution in [-0.4, -0.2) is 12.9 Å². The highest BCUT2D eigenvalue weighted by molar-refractivity contribution is 5.54. The smallest absolute Gasteiger partial charge is 0.395 e. The van der Waals surface area contributed by atoms with Crippen molar-refractivity contribution in [1.82, 2.24) is 0 Å². The number of halogens is 2. The van der Waals surface area contributed by atoms with Crippen molar-refractivity contribution in [2.24, 2.45) is 0 Å². The van der Waals surface area contributed by atoms with Crippen molar-refractivity contribution in [1.29, 1.82) is 0 Å². The third kappa shape index (κ3) is 1.35. The average molecular weight is 227 g/mol.